The lowest BCUT2D eigenvalue weighted by Gasteiger charge is -2.39. The Morgan fingerprint density at radius 1 is 1.18 bits per heavy atom. The molecule has 0 aromatic heterocycles. The first kappa shape index (κ1) is 16.1. The minimum Gasteiger partial charge on any atom is -0.487 e. The molecular weight excluding hydrogens is 290 g/mol. The summed E-state index contributed by atoms with van der Waals surface area (Å²) in [5.41, 5.74) is -0.293. The van der Waals surface area contributed by atoms with Gasteiger partial charge in [-0.25, -0.2) is 9.59 Å². The van der Waals surface area contributed by atoms with E-state index in [1.165, 1.54) is 12.1 Å². The van der Waals surface area contributed by atoms with Crippen molar-refractivity contribution in [1.29, 1.82) is 0 Å². The summed E-state index contributed by atoms with van der Waals surface area (Å²) in [6, 6.07) is 6.17. The summed E-state index contributed by atoms with van der Waals surface area (Å²) in [5, 5.41) is 8.28. The summed E-state index contributed by atoms with van der Waals surface area (Å²) in [4.78, 5) is 28.0. The van der Waals surface area contributed by atoms with Crippen molar-refractivity contribution in [3.05, 3.63) is 29.8 Å². The Kier molecular flexibility index (Phi) is 4.56. The number of hydrogen-bond acceptors (Lipinski definition) is 6. The maximum atomic E-state index is 11.8. The topological polar surface area (TPSA) is 85.3 Å². The van der Waals surface area contributed by atoms with Crippen LogP contribution in [-0.2, 0) is 9.62 Å². The second kappa shape index (κ2) is 6.23. The van der Waals surface area contributed by atoms with Crippen LogP contribution in [0.1, 0.15) is 31.1 Å². The number of rotatable bonds is 3. The zero-order valence-electron chi connectivity index (χ0n) is 12.7. The Morgan fingerprint density at radius 3 is 2.27 bits per heavy atom. The SMILES string of the molecule is CC(C)(C)OC(=O)N1CC(Oc2ccc(C(=O)OO)cc2)C1. The molecule has 7 heteroatoms. The fraction of sp³-hybridized carbons (Fsp3) is 0.467. The minimum absolute atomic E-state index is 0.108. The molecule has 0 unspecified atom stereocenters. The number of carbonyl (C=O) groups is 2. The lowest BCUT2D eigenvalue weighted by molar-refractivity contribution is -0.182. The standard InChI is InChI=1S/C15H19NO6/c1-15(2,3)21-14(18)16-8-12(9-16)20-11-6-4-10(5-7-11)13(17)22-19/h4-7,12,19H,8-9H2,1-3H3. The number of nitrogens with zero attached hydrogens (tertiary/aromatic N) is 1. The Morgan fingerprint density at radius 2 is 1.77 bits per heavy atom. The average molecular weight is 309 g/mol. The van der Waals surface area contributed by atoms with Gasteiger partial charge < -0.3 is 14.4 Å². The summed E-state index contributed by atoms with van der Waals surface area (Å²) in [7, 11) is 0. The van der Waals surface area contributed by atoms with E-state index in [0.29, 0.717) is 18.8 Å². The normalized spacial score (nSPS) is 15.0. The fourth-order valence-electron chi connectivity index (χ4n) is 1.90. The molecule has 0 aliphatic carbocycles. The van der Waals surface area contributed by atoms with Gasteiger partial charge in [-0.15, -0.1) is 0 Å². The largest absolute Gasteiger partial charge is 0.487 e. The van der Waals surface area contributed by atoms with Crippen molar-refractivity contribution in [3.8, 4) is 5.75 Å². The van der Waals surface area contributed by atoms with Crippen LogP contribution in [-0.4, -0.2) is 47.0 Å². The van der Waals surface area contributed by atoms with Gasteiger partial charge in [-0.2, -0.15) is 5.26 Å². The van der Waals surface area contributed by atoms with Gasteiger partial charge in [-0.3, -0.25) is 4.89 Å². The number of carbonyl (C=O) groups excluding carboxylic acids is 2. The van der Waals surface area contributed by atoms with Gasteiger partial charge in [0.2, 0.25) is 0 Å². The van der Waals surface area contributed by atoms with Crippen molar-refractivity contribution < 1.29 is 29.2 Å². The van der Waals surface area contributed by atoms with Crippen molar-refractivity contribution in [2.45, 2.75) is 32.5 Å². The van der Waals surface area contributed by atoms with Gasteiger partial charge in [0.05, 0.1) is 18.7 Å². The van der Waals surface area contributed by atoms with Crippen molar-refractivity contribution in [2.24, 2.45) is 0 Å². The molecule has 22 heavy (non-hydrogen) atoms. The van der Waals surface area contributed by atoms with E-state index < -0.39 is 11.6 Å². The zero-order valence-corrected chi connectivity index (χ0v) is 12.7. The highest BCUT2D eigenvalue weighted by Gasteiger charge is 2.35. The van der Waals surface area contributed by atoms with Crippen molar-refractivity contribution in [1.82, 2.24) is 4.90 Å². The van der Waals surface area contributed by atoms with E-state index in [0.717, 1.165) is 0 Å². The molecule has 0 spiro atoms. The number of benzene rings is 1. The van der Waals surface area contributed by atoms with Gasteiger partial charge in [0.15, 0.2) is 0 Å². The lowest BCUT2D eigenvalue weighted by Crippen LogP contribution is -2.57. The van der Waals surface area contributed by atoms with E-state index in [1.54, 1.807) is 17.0 Å². The number of hydrogen-bond donors (Lipinski definition) is 1. The summed E-state index contributed by atoms with van der Waals surface area (Å²) < 4.78 is 10.9. The van der Waals surface area contributed by atoms with E-state index in [2.05, 4.69) is 4.89 Å². The Hall–Kier alpha value is -2.28. The third kappa shape index (κ3) is 4.11. The number of ether oxygens (including phenoxy) is 2. The highest BCUT2D eigenvalue weighted by Crippen LogP contribution is 2.21. The Labute approximate surface area is 128 Å². The van der Waals surface area contributed by atoms with E-state index in [9.17, 15) is 9.59 Å². The van der Waals surface area contributed by atoms with Crippen LogP contribution in [0.2, 0.25) is 0 Å². The first-order valence-corrected chi connectivity index (χ1v) is 6.89. The molecule has 120 valence electrons. The van der Waals surface area contributed by atoms with Gasteiger partial charge in [0.1, 0.15) is 17.5 Å². The average Bonchev–Trinajstić information content (AvgIpc) is 2.40. The van der Waals surface area contributed by atoms with Crippen LogP contribution in [0.25, 0.3) is 0 Å². The Balaban J connectivity index is 1.80. The smallest absolute Gasteiger partial charge is 0.410 e. The molecule has 0 saturated carbocycles. The van der Waals surface area contributed by atoms with Crippen LogP contribution in [0.3, 0.4) is 0 Å². The molecular formula is C15H19NO6. The molecule has 0 radical (unpaired) electrons. The van der Waals surface area contributed by atoms with Gasteiger partial charge >= 0.3 is 12.1 Å². The van der Waals surface area contributed by atoms with Gasteiger partial charge in [0.25, 0.3) is 0 Å². The second-order valence-electron chi connectivity index (χ2n) is 6.03. The lowest BCUT2D eigenvalue weighted by atomic mass is 10.1. The van der Waals surface area contributed by atoms with Crippen LogP contribution >= 0.6 is 0 Å². The highest BCUT2D eigenvalue weighted by molar-refractivity contribution is 5.88. The van der Waals surface area contributed by atoms with Gasteiger partial charge in [-0.1, -0.05) is 0 Å². The maximum Gasteiger partial charge on any atom is 0.410 e. The van der Waals surface area contributed by atoms with Crippen LogP contribution in [0, 0.1) is 0 Å². The van der Waals surface area contributed by atoms with Crippen molar-refractivity contribution in [3.63, 3.8) is 0 Å². The summed E-state index contributed by atoms with van der Waals surface area (Å²) in [6.45, 7) is 6.36. The molecule has 0 bridgehead atoms. The monoisotopic (exact) mass is 309 g/mol. The van der Waals surface area contributed by atoms with Gasteiger partial charge in [-0.05, 0) is 45.0 Å². The summed E-state index contributed by atoms with van der Waals surface area (Å²) in [5.74, 6) is -0.255. The summed E-state index contributed by atoms with van der Waals surface area (Å²) >= 11 is 0. The fourth-order valence-corrected chi connectivity index (χ4v) is 1.90. The van der Waals surface area contributed by atoms with E-state index >= 15 is 0 Å². The minimum atomic E-state index is -0.828. The van der Waals surface area contributed by atoms with Crippen LogP contribution < -0.4 is 4.74 Å². The molecule has 1 aliphatic heterocycles. The Bertz CT molecular complexity index is 542. The highest BCUT2D eigenvalue weighted by atomic mass is 17.1. The zero-order chi connectivity index (χ0) is 16.3. The molecule has 1 aliphatic rings. The first-order chi connectivity index (χ1) is 10.3. The summed E-state index contributed by atoms with van der Waals surface area (Å²) in [6.07, 6.45) is -0.462. The molecule has 0 atom stereocenters. The molecule has 1 aromatic rings. The van der Waals surface area contributed by atoms with Crippen LogP contribution in [0.4, 0.5) is 4.79 Å². The molecule has 1 N–H and O–H groups in total. The predicted molar refractivity (Wildman–Crippen MR) is 76.7 cm³/mol. The molecule has 7 nitrogen and oxygen atoms in total. The van der Waals surface area contributed by atoms with E-state index in [1.807, 2.05) is 20.8 Å². The number of amides is 1. The van der Waals surface area contributed by atoms with Crippen LogP contribution in [0.15, 0.2) is 24.3 Å². The first-order valence-electron chi connectivity index (χ1n) is 6.89. The quantitative estimate of drug-likeness (QED) is 0.681. The van der Waals surface area contributed by atoms with Crippen molar-refractivity contribution in [2.75, 3.05) is 13.1 Å². The molecule has 2 rings (SSSR count). The number of likely N-dealkylation sites (tertiary alicyclic amines) is 1. The molecule has 1 aromatic carbocycles. The third-order valence-electron chi connectivity index (χ3n) is 2.98. The van der Waals surface area contributed by atoms with E-state index in [-0.39, 0.29) is 17.8 Å². The van der Waals surface area contributed by atoms with E-state index in [4.69, 9.17) is 14.7 Å². The third-order valence-corrected chi connectivity index (χ3v) is 2.98. The second-order valence-corrected chi connectivity index (χ2v) is 6.03. The maximum absolute atomic E-state index is 11.8. The van der Waals surface area contributed by atoms with Crippen molar-refractivity contribution >= 4 is 12.1 Å². The molecule has 1 heterocycles. The molecule has 1 saturated heterocycles. The predicted octanol–water partition coefficient (Wildman–Crippen LogP) is 2.31. The molecule has 1 fully saturated rings. The van der Waals surface area contributed by atoms with Gasteiger partial charge in [0, 0.05) is 0 Å². The molecule has 1 amide bonds. The van der Waals surface area contributed by atoms with Crippen LogP contribution in [0.5, 0.6) is 5.75 Å².